The highest BCUT2D eigenvalue weighted by Gasteiger charge is 2.11. The molecule has 2 aromatic carbocycles. The summed E-state index contributed by atoms with van der Waals surface area (Å²) in [6.07, 6.45) is 0. The monoisotopic (exact) mass is 328 g/mol. The molecule has 0 bridgehead atoms. The van der Waals surface area contributed by atoms with E-state index in [0.717, 1.165) is 6.07 Å². The van der Waals surface area contributed by atoms with Crippen molar-refractivity contribution in [2.45, 2.75) is 6.61 Å². The Balaban J connectivity index is 2.22. The smallest absolute Gasteiger partial charge is 0.265 e. The van der Waals surface area contributed by atoms with Crippen LogP contribution in [0.2, 0.25) is 10.0 Å². The maximum absolute atomic E-state index is 13.7. The third kappa shape index (κ3) is 3.64. The number of para-hydroxylation sites is 1. The molecule has 0 aromatic heterocycles. The zero-order valence-electron chi connectivity index (χ0n) is 10.7. The number of hydrogen-bond donors (Lipinski definition) is 2. The molecule has 0 aliphatic heterocycles. The summed E-state index contributed by atoms with van der Waals surface area (Å²) in [7, 11) is 0. The van der Waals surface area contributed by atoms with Gasteiger partial charge in [-0.15, -0.1) is 0 Å². The van der Waals surface area contributed by atoms with Crippen molar-refractivity contribution in [2.24, 2.45) is 5.84 Å². The lowest BCUT2D eigenvalue weighted by molar-refractivity contribution is 0.0953. The van der Waals surface area contributed by atoms with Gasteiger partial charge in [-0.3, -0.25) is 10.2 Å². The van der Waals surface area contributed by atoms with Crippen LogP contribution < -0.4 is 16.0 Å². The van der Waals surface area contributed by atoms with Gasteiger partial charge < -0.3 is 4.74 Å². The van der Waals surface area contributed by atoms with Crippen molar-refractivity contribution in [3.63, 3.8) is 0 Å². The van der Waals surface area contributed by atoms with Gasteiger partial charge in [-0.1, -0.05) is 29.3 Å². The van der Waals surface area contributed by atoms with Crippen LogP contribution in [0.4, 0.5) is 4.39 Å². The van der Waals surface area contributed by atoms with E-state index in [1.165, 1.54) is 12.1 Å². The number of carbonyl (C=O) groups excluding carboxylic acids is 1. The van der Waals surface area contributed by atoms with Gasteiger partial charge in [0.2, 0.25) is 0 Å². The number of hydrogen-bond acceptors (Lipinski definition) is 3. The van der Waals surface area contributed by atoms with Gasteiger partial charge in [0.05, 0.1) is 10.0 Å². The number of ether oxygens (including phenoxy) is 1. The fourth-order valence-corrected chi connectivity index (χ4v) is 2.19. The van der Waals surface area contributed by atoms with Crippen molar-refractivity contribution >= 4 is 29.1 Å². The summed E-state index contributed by atoms with van der Waals surface area (Å²) in [6.45, 7) is -0.124. The second-order valence-electron chi connectivity index (χ2n) is 4.12. The number of nitrogen functional groups attached to an aromatic ring is 1. The van der Waals surface area contributed by atoms with Gasteiger partial charge in [0.1, 0.15) is 12.4 Å². The van der Waals surface area contributed by atoms with Gasteiger partial charge in [-0.25, -0.2) is 10.2 Å². The second-order valence-corrected chi connectivity index (χ2v) is 4.93. The van der Waals surface area contributed by atoms with Gasteiger partial charge >= 0.3 is 0 Å². The zero-order chi connectivity index (χ0) is 15.4. The molecule has 0 unspecified atom stereocenters. The lowest BCUT2D eigenvalue weighted by Crippen LogP contribution is -2.30. The van der Waals surface area contributed by atoms with Crippen molar-refractivity contribution < 1.29 is 13.9 Å². The van der Waals surface area contributed by atoms with Crippen molar-refractivity contribution in [1.82, 2.24) is 5.43 Å². The minimum atomic E-state index is -0.521. The number of hydrazine groups is 1. The largest absolute Gasteiger partial charge is 0.486 e. The Morgan fingerprint density at radius 3 is 2.52 bits per heavy atom. The molecule has 2 aromatic rings. The number of amides is 1. The molecule has 0 radical (unpaired) electrons. The van der Waals surface area contributed by atoms with E-state index in [4.69, 9.17) is 33.8 Å². The zero-order valence-corrected chi connectivity index (χ0v) is 12.2. The van der Waals surface area contributed by atoms with Crippen LogP contribution in [-0.2, 0) is 6.61 Å². The first kappa shape index (κ1) is 15.6. The fraction of sp³-hybridized carbons (Fsp3) is 0.0714. The highest BCUT2D eigenvalue weighted by molar-refractivity contribution is 6.37. The van der Waals surface area contributed by atoms with Crippen molar-refractivity contribution in [3.8, 4) is 5.75 Å². The number of benzene rings is 2. The average Bonchev–Trinajstić information content (AvgIpc) is 2.47. The normalized spacial score (nSPS) is 10.3. The van der Waals surface area contributed by atoms with Crippen LogP contribution in [0.1, 0.15) is 15.9 Å². The Morgan fingerprint density at radius 2 is 1.90 bits per heavy atom. The molecule has 0 atom stereocenters. The van der Waals surface area contributed by atoms with E-state index in [-0.39, 0.29) is 23.5 Å². The van der Waals surface area contributed by atoms with Crippen LogP contribution in [-0.4, -0.2) is 5.91 Å². The molecule has 110 valence electrons. The van der Waals surface area contributed by atoms with Crippen molar-refractivity contribution in [3.05, 3.63) is 63.4 Å². The van der Waals surface area contributed by atoms with Gasteiger partial charge in [0.25, 0.3) is 5.91 Å². The lowest BCUT2D eigenvalue weighted by atomic mass is 10.1. The molecule has 0 heterocycles. The highest BCUT2D eigenvalue weighted by Crippen LogP contribution is 2.33. The molecule has 21 heavy (non-hydrogen) atoms. The van der Waals surface area contributed by atoms with E-state index >= 15 is 0 Å². The maximum atomic E-state index is 13.7. The molecule has 1 amide bonds. The van der Waals surface area contributed by atoms with Crippen LogP contribution in [0.25, 0.3) is 0 Å². The quantitative estimate of drug-likeness (QED) is 0.514. The Morgan fingerprint density at radius 1 is 1.24 bits per heavy atom. The lowest BCUT2D eigenvalue weighted by Gasteiger charge is -2.11. The summed E-state index contributed by atoms with van der Waals surface area (Å²) >= 11 is 11.9. The molecule has 0 saturated heterocycles. The molecular formula is C14H11Cl2FN2O2. The molecule has 0 fully saturated rings. The second kappa shape index (κ2) is 6.76. The summed E-state index contributed by atoms with van der Waals surface area (Å²) in [5.74, 6) is 4.27. The standard InChI is InChI=1S/C14H11Cl2FN2O2/c15-10-2-1-3-11(16)13(10)21-7-9-6-8(14(20)19-18)4-5-12(9)17/h1-6H,7,18H2,(H,19,20). The third-order valence-electron chi connectivity index (χ3n) is 2.73. The first-order valence-corrected chi connectivity index (χ1v) is 6.64. The molecule has 4 nitrogen and oxygen atoms in total. The minimum absolute atomic E-state index is 0.124. The molecule has 7 heteroatoms. The van der Waals surface area contributed by atoms with Crippen LogP contribution >= 0.6 is 23.2 Å². The number of halogens is 3. The minimum Gasteiger partial charge on any atom is -0.486 e. The highest BCUT2D eigenvalue weighted by atomic mass is 35.5. The topological polar surface area (TPSA) is 64.3 Å². The van der Waals surface area contributed by atoms with E-state index in [1.54, 1.807) is 18.2 Å². The Labute approximate surface area is 130 Å². The molecule has 0 spiro atoms. The number of rotatable bonds is 4. The first-order chi connectivity index (χ1) is 10.0. The van der Waals surface area contributed by atoms with Crippen LogP contribution in [0.3, 0.4) is 0 Å². The first-order valence-electron chi connectivity index (χ1n) is 5.89. The fourth-order valence-electron chi connectivity index (χ4n) is 1.68. The van der Waals surface area contributed by atoms with Crippen LogP contribution in [0, 0.1) is 5.82 Å². The Kier molecular flexibility index (Phi) is 5.01. The van der Waals surface area contributed by atoms with Crippen molar-refractivity contribution in [2.75, 3.05) is 0 Å². The average molecular weight is 329 g/mol. The number of nitrogens with two attached hydrogens (primary N) is 1. The summed E-state index contributed by atoms with van der Waals surface area (Å²) in [5, 5.41) is 0.637. The van der Waals surface area contributed by atoms with Gasteiger partial charge in [0.15, 0.2) is 5.75 Å². The molecule has 0 saturated carbocycles. The van der Waals surface area contributed by atoms with Gasteiger partial charge in [-0.2, -0.15) is 0 Å². The van der Waals surface area contributed by atoms with Gasteiger partial charge in [0, 0.05) is 11.1 Å². The molecule has 0 aliphatic carbocycles. The van der Waals surface area contributed by atoms with E-state index in [9.17, 15) is 9.18 Å². The van der Waals surface area contributed by atoms with E-state index < -0.39 is 11.7 Å². The van der Waals surface area contributed by atoms with Crippen LogP contribution in [0.15, 0.2) is 36.4 Å². The molecule has 3 N–H and O–H groups in total. The van der Waals surface area contributed by atoms with E-state index in [1.807, 2.05) is 5.43 Å². The summed E-state index contributed by atoms with van der Waals surface area (Å²) < 4.78 is 19.2. The molecule has 0 aliphatic rings. The third-order valence-corrected chi connectivity index (χ3v) is 3.33. The molecule has 2 rings (SSSR count). The maximum Gasteiger partial charge on any atom is 0.265 e. The Hall–Kier alpha value is -1.82. The summed E-state index contributed by atoms with van der Waals surface area (Å²) in [4.78, 5) is 11.4. The number of carbonyl (C=O) groups is 1. The van der Waals surface area contributed by atoms with E-state index in [0.29, 0.717) is 10.0 Å². The van der Waals surface area contributed by atoms with E-state index in [2.05, 4.69) is 0 Å². The molecular weight excluding hydrogens is 318 g/mol. The summed E-state index contributed by atoms with van der Waals surface area (Å²) in [5.41, 5.74) is 2.39. The number of nitrogens with one attached hydrogen (secondary N) is 1. The van der Waals surface area contributed by atoms with Crippen LogP contribution in [0.5, 0.6) is 5.75 Å². The SMILES string of the molecule is NNC(=O)c1ccc(F)c(COc2c(Cl)cccc2Cl)c1. The summed E-state index contributed by atoms with van der Waals surface area (Å²) in [6, 6.07) is 8.72. The predicted octanol–water partition coefficient (Wildman–Crippen LogP) is 3.32. The Bertz CT molecular complexity index is 660. The van der Waals surface area contributed by atoms with Gasteiger partial charge in [-0.05, 0) is 30.3 Å². The predicted molar refractivity (Wildman–Crippen MR) is 78.8 cm³/mol. The van der Waals surface area contributed by atoms with Crippen molar-refractivity contribution in [1.29, 1.82) is 0 Å².